The van der Waals surface area contributed by atoms with Crippen LogP contribution in [0.5, 0.6) is 0 Å². The van der Waals surface area contributed by atoms with Crippen molar-refractivity contribution >= 4 is 6.47 Å². The van der Waals surface area contributed by atoms with E-state index in [1.165, 1.54) is 13.3 Å². The Labute approximate surface area is 70.6 Å². The lowest BCUT2D eigenvalue weighted by molar-refractivity contribution is -0.403. The minimum absolute atomic E-state index is 0.375. The minimum Gasteiger partial charge on any atom is -0.471 e. The number of nitrogens with zero attached hydrogens (tertiary/aromatic N) is 2. The first kappa shape index (κ1) is 13.0. The number of ether oxygens (including phenoxy) is 1. The van der Waals surface area contributed by atoms with Crippen LogP contribution in [0.3, 0.4) is 0 Å². The predicted molar refractivity (Wildman–Crippen MR) is 42.9 cm³/mol. The smallest absolute Gasteiger partial charge is 0.292 e. The summed E-state index contributed by atoms with van der Waals surface area (Å²) in [5, 5.41) is 9.60. The normalized spacial score (nSPS) is 8.25. The lowest BCUT2D eigenvalue weighted by Gasteiger charge is -1.98. The van der Waals surface area contributed by atoms with Gasteiger partial charge in [-0.2, -0.15) is 0 Å². The van der Waals surface area contributed by atoms with Crippen LogP contribution in [0.25, 0.3) is 0 Å². The molecule has 70 valence electrons. The van der Waals surface area contributed by atoms with Crippen molar-refractivity contribution in [3.63, 3.8) is 0 Å². The number of carbonyl (C=O) groups excluding carboxylic acids is 1. The topological polar surface area (TPSA) is 72.7 Å². The zero-order chi connectivity index (χ0) is 9.98. The number of hydrogen-bond acceptors (Lipinski definition) is 5. The van der Waals surface area contributed by atoms with Crippen LogP contribution in [-0.4, -0.2) is 37.5 Å². The Hall–Kier alpha value is -1.59. The summed E-state index contributed by atoms with van der Waals surface area (Å²) < 4.78 is 3.86. The number of carbonyl (C=O) groups is 1. The van der Waals surface area contributed by atoms with Crippen LogP contribution in [0.4, 0.5) is 0 Å². The second kappa shape index (κ2) is 9.41. The average Bonchev–Trinajstić information content (AvgIpc) is 2.01. The maximum atomic E-state index is 9.60. The molecule has 6 heteroatoms. The van der Waals surface area contributed by atoms with Crippen LogP contribution >= 0.6 is 0 Å². The van der Waals surface area contributed by atoms with E-state index in [2.05, 4.69) is 4.74 Å². The van der Waals surface area contributed by atoms with Gasteiger partial charge in [-0.15, -0.1) is 0 Å². The highest BCUT2D eigenvalue weighted by Crippen LogP contribution is 1.76. The van der Waals surface area contributed by atoms with E-state index in [1.807, 2.05) is 0 Å². The summed E-state index contributed by atoms with van der Waals surface area (Å²) in [7, 11) is 4.76. The molecule has 0 saturated carbocycles. The van der Waals surface area contributed by atoms with Crippen LogP contribution in [0, 0.1) is 10.1 Å². The molecule has 12 heavy (non-hydrogen) atoms. The molecule has 0 aliphatic carbocycles. The Morgan fingerprint density at radius 3 is 2.00 bits per heavy atom. The number of nitro groups is 1. The van der Waals surface area contributed by atoms with E-state index in [4.69, 9.17) is 4.79 Å². The van der Waals surface area contributed by atoms with Crippen molar-refractivity contribution < 1.29 is 14.5 Å². The summed E-state index contributed by atoms with van der Waals surface area (Å²) in [6.45, 7) is 0.375. The molecule has 6 nitrogen and oxygen atoms in total. The summed E-state index contributed by atoms with van der Waals surface area (Å²) in [5.74, 6) is 0. The molecule has 0 atom stereocenters. The van der Waals surface area contributed by atoms with Gasteiger partial charge in [-0.1, -0.05) is 0 Å². The van der Waals surface area contributed by atoms with Crippen molar-refractivity contribution in [3.05, 3.63) is 22.5 Å². The summed E-state index contributed by atoms with van der Waals surface area (Å²) >= 11 is 0. The number of methoxy groups -OCH3 is 1. The van der Waals surface area contributed by atoms with Gasteiger partial charge in [0.2, 0.25) is 6.20 Å². The highest BCUT2D eigenvalue weighted by atomic mass is 16.6. The maximum absolute atomic E-state index is 9.60. The van der Waals surface area contributed by atoms with Gasteiger partial charge >= 0.3 is 0 Å². The molecular formula is C6H12N2O4. The van der Waals surface area contributed by atoms with Crippen LogP contribution < -0.4 is 0 Å². The fraction of sp³-hybridized carbons (Fsp3) is 0.500. The zero-order valence-corrected chi connectivity index (χ0v) is 7.26. The van der Waals surface area contributed by atoms with Gasteiger partial charge in [0.25, 0.3) is 6.47 Å². The van der Waals surface area contributed by atoms with Crippen molar-refractivity contribution in [1.82, 2.24) is 4.90 Å². The van der Waals surface area contributed by atoms with Gasteiger partial charge in [-0.25, -0.2) is 0 Å². The summed E-state index contributed by atoms with van der Waals surface area (Å²) in [6.07, 6.45) is 2.26. The Kier molecular flexibility index (Phi) is 10.2. The standard InChI is InChI=1S/C4H8N2O2.C2H4O2/c1-5(2)3-4-6(7)8;1-4-2-3/h3-4H,1-2H3;2H,1H3. The first-order chi connectivity index (χ1) is 5.54. The van der Waals surface area contributed by atoms with Crippen molar-refractivity contribution in [1.29, 1.82) is 0 Å². The van der Waals surface area contributed by atoms with E-state index < -0.39 is 4.92 Å². The third-order valence-electron chi connectivity index (χ3n) is 0.583. The Morgan fingerprint density at radius 1 is 1.50 bits per heavy atom. The van der Waals surface area contributed by atoms with Gasteiger partial charge in [-0.3, -0.25) is 14.9 Å². The quantitative estimate of drug-likeness (QED) is 0.346. The molecule has 0 fully saturated rings. The van der Waals surface area contributed by atoms with Crippen molar-refractivity contribution in [2.45, 2.75) is 0 Å². The lowest BCUT2D eigenvalue weighted by atomic mass is 10.8. The molecule has 0 amide bonds. The average molecular weight is 176 g/mol. The van der Waals surface area contributed by atoms with Crippen LogP contribution in [0.1, 0.15) is 0 Å². The summed E-state index contributed by atoms with van der Waals surface area (Å²) in [4.78, 5) is 19.6. The first-order valence-corrected chi connectivity index (χ1v) is 2.99. The molecule has 0 aliphatic heterocycles. The van der Waals surface area contributed by atoms with Crippen molar-refractivity contribution in [2.24, 2.45) is 0 Å². The summed E-state index contributed by atoms with van der Waals surface area (Å²) in [6, 6.07) is 0. The van der Waals surface area contributed by atoms with Crippen molar-refractivity contribution in [2.75, 3.05) is 21.2 Å². The summed E-state index contributed by atoms with van der Waals surface area (Å²) in [5.41, 5.74) is 0. The molecule has 0 bridgehead atoms. The van der Waals surface area contributed by atoms with E-state index in [-0.39, 0.29) is 0 Å². The number of rotatable bonds is 3. The molecule has 0 heterocycles. The minimum atomic E-state index is -0.500. The Balaban J connectivity index is 0. The molecule has 0 radical (unpaired) electrons. The number of hydrogen-bond donors (Lipinski definition) is 0. The van der Waals surface area contributed by atoms with E-state index in [0.29, 0.717) is 6.47 Å². The highest BCUT2D eigenvalue weighted by Gasteiger charge is 1.82. The molecule has 0 saturated heterocycles. The largest absolute Gasteiger partial charge is 0.471 e. The van der Waals surface area contributed by atoms with E-state index in [9.17, 15) is 10.1 Å². The molecule has 0 N–H and O–H groups in total. The SMILES string of the molecule is CN(C)C=C[N+](=O)[O-].COC=O. The van der Waals surface area contributed by atoms with E-state index in [0.717, 1.165) is 6.20 Å². The Bertz CT molecular complexity index is 156. The zero-order valence-electron chi connectivity index (χ0n) is 7.26. The second-order valence-electron chi connectivity index (χ2n) is 1.88. The third-order valence-corrected chi connectivity index (χ3v) is 0.583. The fourth-order valence-corrected chi connectivity index (χ4v) is 0.188. The predicted octanol–water partition coefficient (Wildman–Crippen LogP) is 0.0851. The van der Waals surface area contributed by atoms with Gasteiger partial charge in [0, 0.05) is 14.1 Å². The lowest BCUT2D eigenvalue weighted by Crippen LogP contribution is -2.01. The van der Waals surface area contributed by atoms with E-state index >= 15 is 0 Å². The molecule has 0 aromatic carbocycles. The van der Waals surface area contributed by atoms with Crippen LogP contribution in [0.15, 0.2) is 12.4 Å². The first-order valence-electron chi connectivity index (χ1n) is 2.99. The molecule has 0 aromatic rings. The van der Waals surface area contributed by atoms with Gasteiger partial charge in [0.15, 0.2) is 0 Å². The molecule has 0 aliphatic rings. The van der Waals surface area contributed by atoms with Gasteiger partial charge in [0.1, 0.15) is 0 Å². The molecule has 0 spiro atoms. The second-order valence-corrected chi connectivity index (χ2v) is 1.88. The van der Waals surface area contributed by atoms with Crippen molar-refractivity contribution in [3.8, 4) is 0 Å². The van der Waals surface area contributed by atoms with Gasteiger partial charge in [0.05, 0.1) is 18.2 Å². The molecule has 0 unspecified atom stereocenters. The fourth-order valence-electron chi connectivity index (χ4n) is 0.188. The maximum Gasteiger partial charge on any atom is 0.292 e. The van der Waals surface area contributed by atoms with Crippen LogP contribution in [-0.2, 0) is 9.53 Å². The van der Waals surface area contributed by atoms with Gasteiger partial charge in [-0.05, 0) is 0 Å². The monoisotopic (exact) mass is 176 g/mol. The third kappa shape index (κ3) is 23.7. The van der Waals surface area contributed by atoms with Gasteiger partial charge < -0.3 is 9.64 Å². The Morgan fingerprint density at radius 2 is 1.92 bits per heavy atom. The molecule has 0 rings (SSSR count). The van der Waals surface area contributed by atoms with Crippen LogP contribution in [0.2, 0.25) is 0 Å². The highest BCUT2D eigenvalue weighted by molar-refractivity contribution is 5.36. The van der Waals surface area contributed by atoms with E-state index in [1.54, 1.807) is 19.0 Å². The molecular weight excluding hydrogens is 164 g/mol. The molecule has 0 aromatic heterocycles.